The summed E-state index contributed by atoms with van der Waals surface area (Å²) in [6.07, 6.45) is 1.13. The minimum Gasteiger partial charge on any atom is -0.490 e. The van der Waals surface area contributed by atoms with Gasteiger partial charge in [-0.15, -0.1) is 0 Å². The van der Waals surface area contributed by atoms with Crippen molar-refractivity contribution in [2.75, 3.05) is 18.2 Å². The molecule has 40 heavy (non-hydrogen) atoms. The maximum atomic E-state index is 15.2. The maximum Gasteiger partial charge on any atom is 0.278 e. The first-order valence-corrected chi connectivity index (χ1v) is 13.4. The van der Waals surface area contributed by atoms with Crippen LogP contribution in [0.4, 0.5) is 4.39 Å². The Hall–Kier alpha value is -4.59. The largest absolute Gasteiger partial charge is 0.490 e. The first-order chi connectivity index (χ1) is 19.5. The summed E-state index contributed by atoms with van der Waals surface area (Å²) in [5.74, 6) is -0.666. The molecule has 0 radical (unpaired) electrons. The van der Waals surface area contributed by atoms with Gasteiger partial charge in [-0.25, -0.2) is 4.39 Å². The lowest BCUT2D eigenvalue weighted by molar-refractivity contribution is 0.0585. The highest BCUT2D eigenvalue weighted by molar-refractivity contribution is 5.96. The lowest BCUT2D eigenvalue weighted by Gasteiger charge is -2.48. The van der Waals surface area contributed by atoms with Gasteiger partial charge in [-0.05, 0) is 38.0 Å². The minimum atomic E-state index is -0.571. The SMILES string of the molecule is CCOc1c(F)cccc1[C@H](c1ccccc1)N1[C@@H](C)N(CC)C(=O)c2c(OCc3ccccc3)c(=O)ccn21. The number of fused-ring (bicyclic) bond motifs is 1. The van der Waals surface area contributed by atoms with E-state index in [-0.39, 0.29) is 36.3 Å². The van der Waals surface area contributed by atoms with Crippen molar-refractivity contribution < 1.29 is 18.7 Å². The number of amides is 1. The van der Waals surface area contributed by atoms with E-state index in [2.05, 4.69) is 0 Å². The van der Waals surface area contributed by atoms with Crippen LogP contribution in [0.3, 0.4) is 0 Å². The number of pyridine rings is 1. The van der Waals surface area contributed by atoms with Crippen molar-refractivity contribution in [3.05, 3.63) is 130 Å². The molecule has 1 aromatic heterocycles. The van der Waals surface area contributed by atoms with Crippen LogP contribution in [0.25, 0.3) is 0 Å². The molecule has 5 rings (SSSR count). The Morgan fingerprint density at radius 1 is 0.850 bits per heavy atom. The van der Waals surface area contributed by atoms with Crippen LogP contribution >= 0.6 is 0 Å². The summed E-state index contributed by atoms with van der Waals surface area (Å²) in [5.41, 5.74) is 2.06. The van der Waals surface area contributed by atoms with E-state index in [9.17, 15) is 9.59 Å². The van der Waals surface area contributed by atoms with E-state index in [1.807, 2.05) is 92.5 Å². The number of para-hydroxylation sites is 1. The lowest BCUT2D eigenvalue weighted by atomic mass is 9.96. The van der Waals surface area contributed by atoms with Gasteiger partial charge in [0.1, 0.15) is 18.8 Å². The molecule has 0 saturated carbocycles. The minimum absolute atomic E-state index is 0.0252. The second-order valence-corrected chi connectivity index (χ2v) is 9.48. The Morgan fingerprint density at radius 2 is 1.55 bits per heavy atom. The monoisotopic (exact) mass is 541 g/mol. The fraction of sp³-hybridized carbons (Fsp3) is 0.250. The number of hydrogen-bond donors (Lipinski definition) is 0. The topological polar surface area (TPSA) is 64.0 Å². The highest BCUT2D eigenvalue weighted by Crippen LogP contribution is 2.39. The molecule has 1 aliphatic rings. The summed E-state index contributed by atoms with van der Waals surface area (Å²) in [4.78, 5) is 28.7. The van der Waals surface area contributed by atoms with Crippen LogP contribution in [0, 0.1) is 5.82 Å². The van der Waals surface area contributed by atoms with Crippen LogP contribution < -0.4 is 19.9 Å². The predicted molar refractivity (Wildman–Crippen MR) is 152 cm³/mol. The number of hydrogen-bond acceptors (Lipinski definition) is 5. The lowest BCUT2D eigenvalue weighted by Crippen LogP contribution is -2.61. The van der Waals surface area contributed by atoms with Crippen molar-refractivity contribution in [2.24, 2.45) is 0 Å². The smallest absolute Gasteiger partial charge is 0.278 e. The van der Waals surface area contributed by atoms with Crippen LogP contribution in [-0.4, -0.2) is 34.8 Å². The second kappa shape index (κ2) is 11.7. The summed E-state index contributed by atoms with van der Waals surface area (Å²) < 4.78 is 28.7. The Bertz CT molecular complexity index is 1540. The van der Waals surface area contributed by atoms with Crippen molar-refractivity contribution in [2.45, 2.75) is 39.6 Å². The molecule has 0 saturated heterocycles. The molecule has 0 aliphatic carbocycles. The van der Waals surface area contributed by atoms with Crippen LogP contribution in [0.1, 0.15) is 54.0 Å². The standard InChI is InChI=1S/C32H32FN3O4/c1-4-34-22(3)36(28(24-15-10-7-11-16-24)25-17-12-18-26(33)30(25)39-5-2)35-20-19-27(37)31(29(35)32(34)38)40-21-23-13-8-6-9-14-23/h6-20,22,28H,4-5,21H2,1-3H3/t22-,28-/m0/s1. The number of aromatic nitrogens is 1. The first kappa shape index (κ1) is 27.0. The van der Waals surface area contributed by atoms with E-state index in [1.165, 1.54) is 12.1 Å². The van der Waals surface area contributed by atoms with Crippen LogP contribution in [0.5, 0.6) is 11.5 Å². The summed E-state index contributed by atoms with van der Waals surface area (Å²) in [6, 6.07) is 24.8. The number of benzene rings is 3. The third kappa shape index (κ3) is 4.93. The summed E-state index contributed by atoms with van der Waals surface area (Å²) >= 11 is 0. The Labute approximate surface area is 233 Å². The Balaban J connectivity index is 1.73. The normalized spacial score (nSPS) is 15.5. The molecule has 0 fully saturated rings. The molecule has 8 heteroatoms. The molecule has 0 N–H and O–H groups in total. The molecule has 4 aromatic rings. The second-order valence-electron chi connectivity index (χ2n) is 9.48. The van der Waals surface area contributed by atoms with E-state index in [0.29, 0.717) is 12.1 Å². The molecule has 2 atom stereocenters. The van der Waals surface area contributed by atoms with Crippen LogP contribution in [0.2, 0.25) is 0 Å². The number of nitrogens with zero attached hydrogens (tertiary/aromatic N) is 3. The van der Waals surface area contributed by atoms with Gasteiger partial charge < -0.3 is 14.4 Å². The fourth-order valence-corrected chi connectivity index (χ4v) is 5.29. The summed E-state index contributed by atoms with van der Waals surface area (Å²) in [5, 5.41) is 1.97. The first-order valence-electron chi connectivity index (χ1n) is 13.4. The van der Waals surface area contributed by atoms with E-state index in [0.717, 1.165) is 11.1 Å². The molecular weight excluding hydrogens is 509 g/mol. The van der Waals surface area contributed by atoms with Gasteiger partial charge in [0, 0.05) is 24.4 Å². The maximum absolute atomic E-state index is 15.2. The molecule has 3 aromatic carbocycles. The van der Waals surface area contributed by atoms with Crippen molar-refractivity contribution in [3.63, 3.8) is 0 Å². The third-order valence-electron chi connectivity index (χ3n) is 7.11. The molecule has 1 aliphatic heterocycles. The molecule has 1 amide bonds. The van der Waals surface area contributed by atoms with E-state index < -0.39 is 23.5 Å². The molecular formula is C32H32FN3O4. The quantitative estimate of drug-likeness (QED) is 0.280. The average Bonchev–Trinajstić information content (AvgIpc) is 2.97. The molecule has 7 nitrogen and oxygen atoms in total. The molecule has 0 spiro atoms. The predicted octanol–water partition coefficient (Wildman–Crippen LogP) is 5.51. The van der Waals surface area contributed by atoms with Crippen molar-refractivity contribution in [1.82, 2.24) is 9.58 Å². The van der Waals surface area contributed by atoms with Crippen LogP contribution in [0.15, 0.2) is 95.9 Å². The van der Waals surface area contributed by atoms with Gasteiger partial charge in [0.15, 0.2) is 23.0 Å². The number of rotatable bonds is 9. The van der Waals surface area contributed by atoms with Crippen molar-refractivity contribution in [3.8, 4) is 11.5 Å². The number of carbonyl (C=O) groups is 1. The number of halogens is 1. The van der Waals surface area contributed by atoms with Crippen LogP contribution in [-0.2, 0) is 6.61 Å². The third-order valence-corrected chi connectivity index (χ3v) is 7.11. The van der Waals surface area contributed by atoms with Gasteiger partial charge in [0.25, 0.3) is 5.91 Å². The van der Waals surface area contributed by atoms with Gasteiger partial charge >= 0.3 is 0 Å². The number of carbonyl (C=O) groups excluding carboxylic acids is 1. The molecule has 0 bridgehead atoms. The van der Waals surface area contributed by atoms with Gasteiger partial charge in [0.05, 0.1) is 6.61 Å². The van der Waals surface area contributed by atoms with E-state index >= 15 is 4.39 Å². The average molecular weight is 542 g/mol. The van der Waals surface area contributed by atoms with Gasteiger partial charge in [-0.1, -0.05) is 72.8 Å². The molecule has 206 valence electrons. The van der Waals surface area contributed by atoms with Crippen molar-refractivity contribution >= 4 is 5.91 Å². The Morgan fingerprint density at radius 3 is 2.23 bits per heavy atom. The molecule has 0 unspecified atom stereocenters. The van der Waals surface area contributed by atoms with Gasteiger partial charge in [-0.2, -0.15) is 0 Å². The molecule has 2 heterocycles. The fourth-order valence-electron chi connectivity index (χ4n) is 5.29. The van der Waals surface area contributed by atoms with Crippen molar-refractivity contribution in [1.29, 1.82) is 0 Å². The van der Waals surface area contributed by atoms with E-state index in [1.54, 1.807) is 21.8 Å². The highest BCUT2D eigenvalue weighted by atomic mass is 19.1. The zero-order valence-electron chi connectivity index (χ0n) is 22.8. The summed E-state index contributed by atoms with van der Waals surface area (Å²) in [6.45, 7) is 6.42. The zero-order valence-corrected chi connectivity index (χ0v) is 22.8. The summed E-state index contributed by atoms with van der Waals surface area (Å²) in [7, 11) is 0. The van der Waals surface area contributed by atoms with Gasteiger partial charge in [-0.3, -0.25) is 19.3 Å². The highest BCUT2D eigenvalue weighted by Gasteiger charge is 2.42. The van der Waals surface area contributed by atoms with Gasteiger partial charge in [0.2, 0.25) is 5.43 Å². The zero-order chi connectivity index (χ0) is 28.2. The number of ether oxygens (including phenoxy) is 2. The van der Waals surface area contributed by atoms with E-state index in [4.69, 9.17) is 9.47 Å². The Kier molecular flexibility index (Phi) is 7.86.